The van der Waals surface area contributed by atoms with E-state index in [2.05, 4.69) is 5.32 Å². The highest BCUT2D eigenvalue weighted by molar-refractivity contribution is 6.37. The Morgan fingerprint density at radius 3 is 2.72 bits per heavy atom. The third kappa shape index (κ3) is 3.35. The predicted octanol–water partition coefficient (Wildman–Crippen LogP) is 2.51. The molecule has 0 saturated carbocycles. The highest BCUT2D eigenvalue weighted by Crippen LogP contribution is 2.24. The van der Waals surface area contributed by atoms with Crippen LogP contribution in [0.3, 0.4) is 0 Å². The van der Waals surface area contributed by atoms with E-state index in [4.69, 9.17) is 9.15 Å². The van der Waals surface area contributed by atoms with Gasteiger partial charge in [0.2, 0.25) is 0 Å². The summed E-state index contributed by atoms with van der Waals surface area (Å²) in [6.45, 7) is 0. The average Bonchev–Trinajstić information content (AvgIpc) is 3.11. The SMILES string of the molecule is COc1cccc(N2C(=O)NC(=O)/C(=C\C=C\c3ccco3)C2=O)c1. The minimum absolute atomic E-state index is 0.162. The number of nitrogens with one attached hydrogen (secondary N) is 1. The first-order chi connectivity index (χ1) is 12.1. The van der Waals surface area contributed by atoms with E-state index >= 15 is 0 Å². The molecular weight excluding hydrogens is 324 g/mol. The molecule has 0 spiro atoms. The van der Waals surface area contributed by atoms with E-state index in [-0.39, 0.29) is 5.57 Å². The molecule has 126 valence electrons. The molecule has 1 fully saturated rings. The molecule has 0 bridgehead atoms. The number of hydrogen-bond donors (Lipinski definition) is 1. The predicted molar refractivity (Wildman–Crippen MR) is 89.8 cm³/mol. The number of carbonyl (C=O) groups excluding carboxylic acids is 3. The minimum atomic E-state index is -0.810. The quantitative estimate of drug-likeness (QED) is 0.683. The van der Waals surface area contributed by atoms with Crippen molar-refractivity contribution < 1.29 is 23.5 Å². The summed E-state index contributed by atoms with van der Waals surface area (Å²) in [5.41, 5.74) is 0.139. The Labute approximate surface area is 143 Å². The molecule has 7 heteroatoms. The first-order valence-electron chi connectivity index (χ1n) is 7.36. The van der Waals surface area contributed by atoms with E-state index in [1.807, 2.05) is 0 Å². The second-order valence-electron chi connectivity index (χ2n) is 5.06. The number of hydrogen-bond acceptors (Lipinski definition) is 5. The molecule has 1 N–H and O–H groups in total. The lowest BCUT2D eigenvalue weighted by molar-refractivity contribution is -0.122. The van der Waals surface area contributed by atoms with Crippen molar-refractivity contribution in [1.82, 2.24) is 5.32 Å². The van der Waals surface area contributed by atoms with Gasteiger partial charge in [-0.3, -0.25) is 14.9 Å². The number of rotatable bonds is 4. The second-order valence-corrected chi connectivity index (χ2v) is 5.06. The standard InChI is InChI=1S/C18H14N2O5/c1-24-14-7-2-5-12(11-14)20-17(22)15(16(21)19-18(20)23)9-3-6-13-8-4-10-25-13/h2-11H,1H3,(H,19,21,23)/b6-3+,15-9+. The maximum atomic E-state index is 12.6. The molecule has 1 aliphatic heterocycles. The van der Waals surface area contributed by atoms with Gasteiger partial charge >= 0.3 is 6.03 Å². The normalized spacial score (nSPS) is 16.6. The fraction of sp³-hybridized carbons (Fsp3) is 0.0556. The molecule has 0 unspecified atom stereocenters. The molecule has 3 rings (SSSR count). The summed E-state index contributed by atoms with van der Waals surface area (Å²) in [5, 5.41) is 2.15. The van der Waals surface area contributed by atoms with Crippen LogP contribution in [0.2, 0.25) is 0 Å². The van der Waals surface area contributed by atoms with Gasteiger partial charge < -0.3 is 9.15 Å². The molecule has 1 saturated heterocycles. The zero-order chi connectivity index (χ0) is 17.8. The number of imide groups is 2. The second kappa shape index (κ2) is 6.88. The fourth-order valence-corrected chi connectivity index (χ4v) is 2.29. The molecule has 1 aromatic heterocycles. The van der Waals surface area contributed by atoms with E-state index in [0.717, 1.165) is 4.90 Å². The van der Waals surface area contributed by atoms with Crippen LogP contribution < -0.4 is 15.0 Å². The summed E-state index contributed by atoms with van der Waals surface area (Å²) in [7, 11) is 1.48. The number of methoxy groups -OCH3 is 1. The number of amides is 4. The number of anilines is 1. The molecule has 25 heavy (non-hydrogen) atoms. The summed E-state index contributed by atoms with van der Waals surface area (Å²) >= 11 is 0. The molecule has 2 aromatic rings. The van der Waals surface area contributed by atoms with E-state index in [9.17, 15) is 14.4 Å². The van der Waals surface area contributed by atoms with Crippen molar-refractivity contribution >= 4 is 29.6 Å². The van der Waals surface area contributed by atoms with Crippen LogP contribution in [0.1, 0.15) is 5.76 Å². The average molecular weight is 338 g/mol. The summed E-state index contributed by atoms with van der Waals surface area (Å²) in [6.07, 6.45) is 5.94. The van der Waals surface area contributed by atoms with E-state index in [1.165, 1.54) is 31.6 Å². The van der Waals surface area contributed by atoms with Crippen LogP contribution in [0.25, 0.3) is 6.08 Å². The van der Waals surface area contributed by atoms with Gasteiger partial charge in [-0.25, -0.2) is 9.69 Å². The third-order valence-corrected chi connectivity index (χ3v) is 3.48. The van der Waals surface area contributed by atoms with Crippen molar-refractivity contribution in [3.63, 3.8) is 0 Å². The lowest BCUT2D eigenvalue weighted by atomic mass is 10.1. The molecule has 1 aromatic carbocycles. The van der Waals surface area contributed by atoms with E-state index in [0.29, 0.717) is 17.2 Å². The molecule has 4 amide bonds. The van der Waals surface area contributed by atoms with Crippen LogP contribution in [0.15, 0.2) is 64.8 Å². The Bertz CT molecular complexity index is 881. The number of nitrogens with zero attached hydrogens (tertiary/aromatic N) is 1. The monoisotopic (exact) mass is 338 g/mol. The highest BCUT2D eigenvalue weighted by Gasteiger charge is 2.36. The lowest BCUT2D eigenvalue weighted by Gasteiger charge is -2.26. The Hall–Kier alpha value is -3.61. The number of allylic oxidation sites excluding steroid dienone is 2. The molecule has 0 aliphatic carbocycles. The van der Waals surface area contributed by atoms with Crippen molar-refractivity contribution in [2.24, 2.45) is 0 Å². The van der Waals surface area contributed by atoms with Crippen molar-refractivity contribution in [1.29, 1.82) is 0 Å². The first kappa shape index (κ1) is 16.3. The van der Waals surface area contributed by atoms with Gasteiger partial charge in [0.25, 0.3) is 11.8 Å². The Balaban J connectivity index is 1.91. The molecule has 7 nitrogen and oxygen atoms in total. The van der Waals surface area contributed by atoms with Gasteiger partial charge in [0.05, 0.1) is 19.1 Å². The zero-order valence-corrected chi connectivity index (χ0v) is 13.3. The molecule has 0 radical (unpaired) electrons. The van der Waals surface area contributed by atoms with Crippen molar-refractivity contribution in [2.75, 3.05) is 12.0 Å². The van der Waals surface area contributed by atoms with Crippen LogP contribution in [0, 0.1) is 0 Å². The van der Waals surface area contributed by atoms with Gasteiger partial charge in [-0.1, -0.05) is 12.1 Å². The number of furan rings is 1. The topological polar surface area (TPSA) is 88.8 Å². The van der Waals surface area contributed by atoms with Crippen molar-refractivity contribution in [3.8, 4) is 5.75 Å². The maximum Gasteiger partial charge on any atom is 0.335 e. The number of carbonyl (C=O) groups is 3. The fourth-order valence-electron chi connectivity index (χ4n) is 2.29. The van der Waals surface area contributed by atoms with E-state index < -0.39 is 17.8 Å². The van der Waals surface area contributed by atoms with Gasteiger partial charge in [0.15, 0.2) is 0 Å². The number of ether oxygens (including phenoxy) is 1. The Morgan fingerprint density at radius 2 is 2.00 bits per heavy atom. The smallest absolute Gasteiger partial charge is 0.335 e. The molecule has 2 heterocycles. The summed E-state index contributed by atoms with van der Waals surface area (Å²) in [5.74, 6) is -0.413. The summed E-state index contributed by atoms with van der Waals surface area (Å²) in [4.78, 5) is 37.6. The van der Waals surface area contributed by atoms with Gasteiger partial charge in [-0.2, -0.15) is 0 Å². The van der Waals surface area contributed by atoms with Crippen LogP contribution in [-0.2, 0) is 9.59 Å². The number of barbiturate groups is 1. The summed E-state index contributed by atoms with van der Waals surface area (Å²) < 4.78 is 10.2. The number of urea groups is 1. The van der Waals surface area contributed by atoms with Gasteiger partial charge in [-0.15, -0.1) is 0 Å². The van der Waals surface area contributed by atoms with Crippen LogP contribution in [0.5, 0.6) is 5.75 Å². The highest BCUT2D eigenvalue weighted by atomic mass is 16.5. The zero-order valence-electron chi connectivity index (χ0n) is 13.3. The number of benzene rings is 1. The first-order valence-corrected chi connectivity index (χ1v) is 7.36. The lowest BCUT2D eigenvalue weighted by Crippen LogP contribution is -2.54. The summed E-state index contributed by atoms with van der Waals surface area (Å²) in [6, 6.07) is 9.07. The third-order valence-electron chi connectivity index (χ3n) is 3.48. The van der Waals surface area contributed by atoms with E-state index in [1.54, 1.807) is 36.4 Å². The molecule has 1 aliphatic rings. The molecule has 0 atom stereocenters. The van der Waals surface area contributed by atoms with Crippen LogP contribution in [-0.4, -0.2) is 25.0 Å². The van der Waals surface area contributed by atoms with Crippen molar-refractivity contribution in [3.05, 3.63) is 66.1 Å². The van der Waals surface area contributed by atoms with Gasteiger partial charge in [-0.05, 0) is 36.4 Å². The van der Waals surface area contributed by atoms with Gasteiger partial charge in [0.1, 0.15) is 17.1 Å². The van der Waals surface area contributed by atoms with Gasteiger partial charge in [0, 0.05) is 6.07 Å². The van der Waals surface area contributed by atoms with Crippen molar-refractivity contribution in [2.45, 2.75) is 0 Å². The van der Waals surface area contributed by atoms with Crippen LogP contribution in [0.4, 0.5) is 10.5 Å². The largest absolute Gasteiger partial charge is 0.497 e. The molecular formula is C18H14N2O5. The van der Waals surface area contributed by atoms with Crippen LogP contribution >= 0.6 is 0 Å². The Kier molecular flexibility index (Phi) is 4.47. The minimum Gasteiger partial charge on any atom is -0.497 e. The Morgan fingerprint density at radius 1 is 1.16 bits per heavy atom. The maximum absolute atomic E-state index is 12.6.